The highest BCUT2D eigenvalue weighted by molar-refractivity contribution is 7.99. The highest BCUT2D eigenvalue weighted by atomic mass is 35.5. The van der Waals surface area contributed by atoms with Gasteiger partial charge in [0.15, 0.2) is 0 Å². The van der Waals surface area contributed by atoms with E-state index < -0.39 is 40.2 Å². The molecule has 2 aliphatic carbocycles. The zero-order chi connectivity index (χ0) is 17.9. The van der Waals surface area contributed by atoms with E-state index in [1.807, 2.05) is 0 Å². The van der Waals surface area contributed by atoms with E-state index in [0.29, 0.717) is 15.8 Å². The molecule has 0 unspecified atom stereocenters. The molecule has 0 saturated heterocycles. The number of rotatable bonds is 5. The number of carboxylic acid groups (broad SMARTS) is 2. The average Bonchev–Trinajstić information content (AvgIpc) is 2.98. The smallest absolute Gasteiger partial charge is 0.342 e. The summed E-state index contributed by atoms with van der Waals surface area (Å²) >= 11 is 13.1. The predicted octanol–water partition coefficient (Wildman–Crippen LogP) is 2.82. The number of nitrogens with two attached hydrogens (primary N) is 1. The van der Waals surface area contributed by atoms with Crippen LogP contribution in [0.5, 0.6) is 0 Å². The van der Waals surface area contributed by atoms with Gasteiger partial charge in [0.1, 0.15) is 5.54 Å². The average molecular weight is 394 g/mol. The summed E-state index contributed by atoms with van der Waals surface area (Å²) in [5.74, 6) is -4.66. The third kappa shape index (κ3) is 2.41. The fourth-order valence-electron chi connectivity index (χ4n) is 3.63. The van der Waals surface area contributed by atoms with Crippen LogP contribution in [0, 0.1) is 11.8 Å². The predicted molar refractivity (Wildman–Crippen MR) is 89.2 cm³/mol. The lowest BCUT2D eigenvalue weighted by molar-refractivity contribution is -0.149. The molecular formula is C15H14Cl2FNO4S. The van der Waals surface area contributed by atoms with Gasteiger partial charge in [-0.2, -0.15) is 11.8 Å². The van der Waals surface area contributed by atoms with Gasteiger partial charge in [-0.3, -0.25) is 4.79 Å². The van der Waals surface area contributed by atoms with Crippen LogP contribution in [0.1, 0.15) is 12.0 Å². The largest absolute Gasteiger partial charge is 0.480 e. The van der Waals surface area contributed by atoms with Gasteiger partial charge in [-0.25, -0.2) is 9.18 Å². The molecule has 0 aliphatic heterocycles. The third-order valence-corrected chi connectivity index (χ3v) is 7.16. The molecule has 0 radical (unpaired) electrons. The number of hydrogen-bond donors (Lipinski definition) is 3. The molecule has 2 aliphatic rings. The van der Waals surface area contributed by atoms with Crippen LogP contribution < -0.4 is 5.73 Å². The van der Waals surface area contributed by atoms with E-state index in [-0.39, 0.29) is 6.42 Å². The number of benzene rings is 1. The second kappa shape index (κ2) is 5.76. The summed E-state index contributed by atoms with van der Waals surface area (Å²) in [4.78, 5) is 22.8. The van der Waals surface area contributed by atoms with Crippen LogP contribution in [-0.2, 0) is 15.3 Å². The molecule has 4 N–H and O–H groups in total. The van der Waals surface area contributed by atoms with E-state index in [4.69, 9.17) is 34.0 Å². The minimum Gasteiger partial charge on any atom is -0.480 e. The molecule has 2 fully saturated rings. The summed E-state index contributed by atoms with van der Waals surface area (Å²) in [6, 6.07) is 5.06. The molecule has 5 atom stereocenters. The van der Waals surface area contributed by atoms with E-state index in [2.05, 4.69) is 0 Å². The Hall–Kier alpha value is -1.02. The summed E-state index contributed by atoms with van der Waals surface area (Å²) in [5, 5.41) is 18.7. The molecule has 3 rings (SSSR count). The van der Waals surface area contributed by atoms with E-state index >= 15 is 0 Å². The summed E-state index contributed by atoms with van der Waals surface area (Å²) in [5.41, 5.74) is 2.38. The Morgan fingerprint density at radius 3 is 2.50 bits per heavy atom. The maximum Gasteiger partial charge on any atom is 0.342 e. The van der Waals surface area contributed by atoms with E-state index in [1.54, 1.807) is 18.2 Å². The van der Waals surface area contributed by atoms with Crippen LogP contribution in [0.15, 0.2) is 18.2 Å². The van der Waals surface area contributed by atoms with E-state index in [9.17, 15) is 19.1 Å². The highest BCUT2D eigenvalue weighted by Crippen LogP contribution is 2.68. The van der Waals surface area contributed by atoms with Crippen molar-refractivity contribution in [1.82, 2.24) is 0 Å². The molecule has 0 bridgehead atoms. The van der Waals surface area contributed by atoms with E-state index in [0.717, 1.165) is 5.56 Å². The second-order valence-electron chi connectivity index (χ2n) is 6.18. The van der Waals surface area contributed by atoms with Crippen molar-refractivity contribution in [3.63, 3.8) is 0 Å². The van der Waals surface area contributed by atoms with Crippen LogP contribution in [0.4, 0.5) is 4.39 Å². The minimum absolute atomic E-state index is 0.113. The molecule has 2 saturated carbocycles. The molecule has 0 aromatic heterocycles. The first-order valence-electron chi connectivity index (χ1n) is 7.13. The molecule has 1 aromatic carbocycles. The molecule has 0 amide bonds. The maximum atomic E-state index is 14.4. The molecule has 5 nitrogen and oxygen atoms in total. The number of aliphatic carboxylic acids is 2. The van der Waals surface area contributed by atoms with Gasteiger partial charge in [-0.1, -0.05) is 29.3 Å². The van der Waals surface area contributed by atoms with Gasteiger partial charge >= 0.3 is 11.9 Å². The van der Waals surface area contributed by atoms with Gasteiger partial charge < -0.3 is 15.9 Å². The first-order valence-corrected chi connectivity index (χ1v) is 8.94. The monoisotopic (exact) mass is 393 g/mol. The van der Waals surface area contributed by atoms with E-state index in [1.165, 1.54) is 11.8 Å². The molecule has 0 spiro atoms. The second-order valence-corrected chi connectivity index (χ2v) is 8.18. The summed E-state index contributed by atoms with van der Waals surface area (Å²) in [7, 11) is 0. The highest BCUT2D eigenvalue weighted by Gasteiger charge is 2.84. The first kappa shape index (κ1) is 17.8. The Morgan fingerprint density at radius 1 is 1.29 bits per heavy atom. The van der Waals surface area contributed by atoms with Crippen molar-refractivity contribution in [3.8, 4) is 0 Å². The lowest BCUT2D eigenvalue weighted by Crippen LogP contribution is -2.58. The van der Waals surface area contributed by atoms with Crippen molar-refractivity contribution >= 4 is 46.9 Å². The SMILES string of the molecule is N[C@@]1(C(=O)O)[C@H]2[C@@H](C[C@H]1SCc1ccc(Cl)c(Cl)c1)[C@]2(F)C(=O)O. The normalized spacial score (nSPS) is 37.1. The van der Waals surface area contributed by atoms with Gasteiger partial charge in [-0.05, 0) is 24.1 Å². The van der Waals surface area contributed by atoms with Crippen molar-refractivity contribution in [2.24, 2.45) is 17.6 Å². The quantitative estimate of drug-likeness (QED) is 0.710. The Balaban J connectivity index is 1.76. The van der Waals surface area contributed by atoms with Crippen LogP contribution in [0.25, 0.3) is 0 Å². The zero-order valence-corrected chi connectivity index (χ0v) is 14.5. The number of fused-ring (bicyclic) bond motifs is 1. The Kier molecular flexibility index (Phi) is 4.27. The molecular weight excluding hydrogens is 380 g/mol. The van der Waals surface area contributed by atoms with Crippen LogP contribution in [0.2, 0.25) is 10.0 Å². The maximum absolute atomic E-state index is 14.4. The molecule has 9 heteroatoms. The fourth-order valence-corrected chi connectivity index (χ4v) is 5.39. The van der Waals surface area contributed by atoms with Crippen molar-refractivity contribution < 1.29 is 24.2 Å². The summed E-state index contributed by atoms with van der Waals surface area (Å²) < 4.78 is 14.4. The minimum atomic E-state index is -2.53. The number of hydrogen-bond acceptors (Lipinski definition) is 4. The number of thioether (sulfide) groups is 1. The Labute approximate surface area is 151 Å². The lowest BCUT2D eigenvalue weighted by atomic mass is 9.90. The van der Waals surface area contributed by atoms with Gasteiger partial charge in [0.05, 0.1) is 10.0 Å². The third-order valence-electron chi connectivity index (χ3n) is 4.93. The Morgan fingerprint density at radius 2 is 1.96 bits per heavy atom. The standard InChI is InChI=1S/C15H14Cl2FNO4S/c16-8-2-1-6(3-9(8)17)5-24-10-4-7-11(14(7,18)12(20)21)15(10,19)13(22)23/h1-3,7,10-11H,4-5,19H2,(H,20,21)(H,22,23)/t7-,10-,11+,14-,15-/m1/s1. The molecule has 0 heterocycles. The summed E-state index contributed by atoms with van der Waals surface area (Å²) in [6.07, 6.45) is 0.113. The zero-order valence-electron chi connectivity index (χ0n) is 12.2. The van der Waals surface area contributed by atoms with Gasteiger partial charge in [0, 0.05) is 22.8 Å². The topological polar surface area (TPSA) is 101 Å². The van der Waals surface area contributed by atoms with Crippen molar-refractivity contribution in [1.29, 1.82) is 0 Å². The molecule has 1 aromatic rings. The van der Waals surface area contributed by atoms with Crippen LogP contribution >= 0.6 is 35.0 Å². The number of alkyl halides is 1. The van der Waals surface area contributed by atoms with Gasteiger partial charge in [0.25, 0.3) is 0 Å². The number of halogens is 3. The van der Waals surface area contributed by atoms with Gasteiger partial charge in [-0.15, -0.1) is 0 Å². The lowest BCUT2D eigenvalue weighted by Gasteiger charge is -2.31. The number of carboxylic acids is 2. The fraction of sp³-hybridized carbons (Fsp3) is 0.467. The number of carbonyl (C=O) groups is 2. The van der Waals surface area contributed by atoms with Crippen molar-refractivity contribution in [3.05, 3.63) is 33.8 Å². The van der Waals surface area contributed by atoms with Crippen LogP contribution in [0.3, 0.4) is 0 Å². The van der Waals surface area contributed by atoms with Crippen molar-refractivity contribution in [2.45, 2.75) is 28.6 Å². The van der Waals surface area contributed by atoms with Crippen molar-refractivity contribution in [2.75, 3.05) is 0 Å². The Bertz CT molecular complexity index is 735. The summed E-state index contributed by atoms with van der Waals surface area (Å²) in [6.45, 7) is 0. The first-order chi connectivity index (χ1) is 11.1. The van der Waals surface area contributed by atoms with Crippen LogP contribution in [-0.4, -0.2) is 38.6 Å². The molecule has 130 valence electrons. The molecule has 24 heavy (non-hydrogen) atoms. The van der Waals surface area contributed by atoms with Gasteiger partial charge in [0.2, 0.25) is 5.67 Å².